The summed E-state index contributed by atoms with van der Waals surface area (Å²) in [6, 6.07) is 10.2. The number of aromatic carboxylic acids is 1. The number of hydrogen-bond acceptors (Lipinski definition) is 5. The summed E-state index contributed by atoms with van der Waals surface area (Å²) in [6.07, 6.45) is 2.85. The summed E-state index contributed by atoms with van der Waals surface area (Å²) in [5.74, 6) is -1.46. The summed E-state index contributed by atoms with van der Waals surface area (Å²) in [5.41, 5.74) is 0.992. The van der Waals surface area contributed by atoms with Crippen molar-refractivity contribution < 1.29 is 14.7 Å². The van der Waals surface area contributed by atoms with Gasteiger partial charge in [0.05, 0.1) is 6.54 Å². The molecule has 9 heteroatoms. The summed E-state index contributed by atoms with van der Waals surface area (Å²) < 4.78 is 2.74. The van der Waals surface area contributed by atoms with Crippen LogP contribution in [0.5, 0.6) is 0 Å². The van der Waals surface area contributed by atoms with E-state index in [4.69, 9.17) is 5.11 Å². The van der Waals surface area contributed by atoms with Gasteiger partial charge in [0.25, 0.3) is 5.91 Å². The molecule has 0 spiro atoms. The first kappa shape index (κ1) is 16.4. The van der Waals surface area contributed by atoms with Gasteiger partial charge in [-0.25, -0.2) is 19.1 Å². The first-order chi connectivity index (χ1) is 12.0. The second-order valence-electron chi connectivity index (χ2n) is 5.38. The van der Waals surface area contributed by atoms with E-state index in [1.54, 1.807) is 11.6 Å². The molecule has 128 valence electrons. The fourth-order valence-electron chi connectivity index (χ4n) is 2.32. The number of carbonyl (C=O) groups is 2. The molecule has 0 aliphatic rings. The zero-order valence-corrected chi connectivity index (χ0v) is 13.4. The van der Waals surface area contributed by atoms with Gasteiger partial charge in [-0.2, -0.15) is 5.10 Å². The lowest BCUT2D eigenvalue weighted by Gasteiger charge is -2.12. The second-order valence-corrected chi connectivity index (χ2v) is 5.38. The van der Waals surface area contributed by atoms with Gasteiger partial charge in [0, 0.05) is 6.20 Å². The molecule has 1 aromatic carbocycles. The van der Waals surface area contributed by atoms with E-state index in [9.17, 15) is 9.59 Å². The number of nitrogens with zero attached hydrogens (tertiary/aromatic N) is 5. The topological polar surface area (TPSA) is 115 Å². The number of anilines is 1. The maximum absolute atomic E-state index is 12.3. The number of nitrogens with one attached hydrogen (secondary N) is 1. The van der Waals surface area contributed by atoms with Crippen LogP contribution in [0.1, 0.15) is 29.0 Å². The van der Waals surface area contributed by atoms with Gasteiger partial charge in [-0.3, -0.25) is 10.1 Å². The standard InChI is InChI=1S/C16H16N6O3/c1-11(22-13(15(24)25)7-8-18-22)14(23)19-16-17-10-21(20-16)9-12-5-3-2-4-6-12/h2-8,10-11H,9H2,1H3,(H,24,25)(H,19,20,23). The molecular weight excluding hydrogens is 324 g/mol. The van der Waals surface area contributed by atoms with E-state index >= 15 is 0 Å². The second kappa shape index (κ2) is 6.95. The van der Waals surface area contributed by atoms with E-state index in [0.717, 1.165) is 10.2 Å². The highest BCUT2D eigenvalue weighted by atomic mass is 16.4. The van der Waals surface area contributed by atoms with E-state index in [1.165, 1.54) is 18.6 Å². The van der Waals surface area contributed by atoms with Crippen molar-refractivity contribution in [1.29, 1.82) is 0 Å². The minimum Gasteiger partial charge on any atom is -0.477 e. The molecule has 0 saturated carbocycles. The lowest BCUT2D eigenvalue weighted by atomic mass is 10.2. The smallest absolute Gasteiger partial charge is 0.354 e. The lowest BCUT2D eigenvalue weighted by molar-refractivity contribution is -0.119. The molecule has 0 aliphatic heterocycles. The molecular formula is C16H16N6O3. The molecule has 2 N–H and O–H groups in total. The van der Waals surface area contributed by atoms with Gasteiger partial charge < -0.3 is 5.11 Å². The van der Waals surface area contributed by atoms with Crippen molar-refractivity contribution >= 4 is 17.8 Å². The molecule has 3 rings (SSSR count). The number of aromatic nitrogens is 5. The maximum Gasteiger partial charge on any atom is 0.354 e. The molecule has 0 saturated heterocycles. The van der Waals surface area contributed by atoms with Crippen LogP contribution >= 0.6 is 0 Å². The fraction of sp³-hybridized carbons (Fsp3) is 0.188. The first-order valence-corrected chi connectivity index (χ1v) is 7.55. The van der Waals surface area contributed by atoms with Crippen molar-refractivity contribution in [3.63, 3.8) is 0 Å². The van der Waals surface area contributed by atoms with Crippen LogP contribution in [0.15, 0.2) is 48.9 Å². The number of carbonyl (C=O) groups excluding carboxylic acids is 1. The molecule has 2 aromatic heterocycles. The molecule has 1 atom stereocenters. The van der Waals surface area contributed by atoms with Crippen molar-refractivity contribution in [1.82, 2.24) is 24.5 Å². The van der Waals surface area contributed by atoms with Gasteiger partial charge in [-0.1, -0.05) is 30.3 Å². The van der Waals surface area contributed by atoms with Gasteiger partial charge >= 0.3 is 5.97 Å². The molecule has 3 aromatic rings. The van der Waals surface area contributed by atoms with Crippen LogP contribution in [0.25, 0.3) is 0 Å². The molecule has 9 nitrogen and oxygen atoms in total. The Morgan fingerprint density at radius 1 is 1.24 bits per heavy atom. The number of hydrogen-bond donors (Lipinski definition) is 2. The molecule has 2 heterocycles. The summed E-state index contributed by atoms with van der Waals surface area (Å²) in [6.45, 7) is 2.08. The van der Waals surface area contributed by atoms with Gasteiger partial charge in [-0.15, -0.1) is 5.10 Å². The van der Waals surface area contributed by atoms with Crippen LogP contribution in [0.4, 0.5) is 5.95 Å². The van der Waals surface area contributed by atoms with Crippen LogP contribution in [0.3, 0.4) is 0 Å². The molecule has 0 bridgehead atoms. The number of rotatable bonds is 6. The largest absolute Gasteiger partial charge is 0.477 e. The summed E-state index contributed by atoms with van der Waals surface area (Å²) in [5, 5.41) is 19.7. The molecule has 0 aliphatic carbocycles. The number of carboxylic acids is 1. The third kappa shape index (κ3) is 3.71. The Balaban J connectivity index is 1.67. The van der Waals surface area contributed by atoms with Gasteiger partial charge in [-0.05, 0) is 18.6 Å². The third-order valence-electron chi connectivity index (χ3n) is 3.59. The fourth-order valence-corrected chi connectivity index (χ4v) is 2.32. The highest BCUT2D eigenvalue weighted by Gasteiger charge is 2.22. The zero-order valence-electron chi connectivity index (χ0n) is 13.4. The number of amides is 1. The summed E-state index contributed by atoms with van der Waals surface area (Å²) >= 11 is 0. The van der Waals surface area contributed by atoms with E-state index in [1.807, 2.05) is 30.3 Å². The van der Waals surface area contributed by atoms with Crippen LogP contribution in [-0.2, 0) is 11.3 Å². The Hall–Kier alpha value is -3.49. The van der Waals surface area contributed by atoms with Crippen LogP contribution in [0.2, 0.25) is 0 Å². The monoisotopic (exact) mass is 340 g/mol. The molecule has 1 amide bonds. The zero-order chi connectivity index (χ0) is 17.8. The van der Waals surface area contributed by atoms with Crippen molar-refractivity contribution in [3.8, 4) is 0 Å². The van der Waals surface area contributed by atoms with Crippen LogP contribution in [-0.4, -0.2) is 41.5 Å². The Bertz CT molecular complexity index is 886. The van der Waals surface area contributed by atoms with Crippen molar-refractivity contribution in [2.24, 2.45) is 0 Å². The molecule has 0 radical (unpaired) electrons. The third-order valence-corrected chi connectivity index (χ3v) is 3.59. The quantitative estimate of drug-likeness (QED) is 0.701. The predicted octanol–water partition coefficient (Wildman–Crippen LogP) is 1.42. The Morgan fingerprint density at radius 2 is 2.00 bits per heavy atom. The molecule has 0 fully saturated rings. The normalized spacial score (nSPS) is 11.9. The average molecular weight is 340 g/mol. The van der Waals surface area contributed by atoms with E-state index in [-0.39, 0.29) is 11.6 Å². The van der Waals surface area contributed by atoms with Gasteiger partial charge in [0.2, 0.25) is 5.95 Å². The van der Waals surface area contributed by atoms with Crippen LogP contribution < -0.4 is 5.32 Å². The van der Waals surface area contributed by atoms with E-state index in [0.29, 0.717) is 6.54 Å². The van der Waals surface area contributed by atoms with Crippen LogP contribution in [0, 0.1) is 0 Å². The average Bonchev–Trinajstić information content (AvgIpc) is 3.24. The van der Waals surface area contributed by atoms with Gasteiger partial charge in [0.15, 0.2) is 0 Å². The van der Waals surface area contributed by atoms with Gasteiger partial charge in [0.1, 0.15) is 18.1 Å². The van der Waals surface area contributed by atoms with Crippen molar-refractivity contribution in [2.45, 2.75) is 19.5 Å². The van der Waals surface area contributed by atoms with E-state index in [2.05, 4.69) is 20.5 Å². The Labute approximate surface area is 142 Å². The minimum atomic E-state index is -1.15. The predicted molar refractivity (Wildman–Crippen MR) is 88.1 cm³/mol. The van der Waals surface area contributed by atoms with Crippen molar-refractivity contribution in [2.75, 3.05) is 5.32 Å². The number of carboxylic acid groups (broad SMARTS) is 1. The number of benzene rings is 1. The Morgan fingerprint density at radius 3 is 2.72 bits per heavy atom. The molecule has 25 heavy (non-hydrogen) atoms. The highest BCUT2D eigenvalue weighted by molar-refractivity contribution is 5.93. The van der Waals surface area contributed by atoms with E-state index < -0.39 is 17.9 Å². The molecule has 1 unspecified atom stereocenters. The lowest BCUT2D eigenvalue weighted by Crippen LogP contribution is -2.27. The maximum atomic E-state index is 12.3. The summed E-state index contributed by atoms with van der Waals surface area (Å²) in [4.78, 5) is 27.5. The van der Waals surface area contributed by atoms with Crippen molar-refractivity contribution in [3.05, 3.63) is 60.2 Å². The summed E-state index contributed by atoms with van der Waals surface area (Å²) in [7, 11) is 0. The first-order valence-electron chi connectivity index (χ1n) is 7.55. The SMILES string of the molecule is CC(C(=O)Nc1ncn(Cc2ccccc2)n1)n1nccc1C(=O)O. The minimum absolute atomic E-state index is 0.0646. The Kier molecular flexibility index (Phi) is 4.55. The highest BCUT2D eigenvalue weighted by Crippen LogP contribution is 2.12.